The van der Waals surface area contributed by atoms with Crippen molar-refractivity contribution in [1.82, 2.24) is 4.90 Å². The topological polar surface area (TPSA) is 112 Å². The highest BCUT2D eigenvalue weighted by Gasteiger charge is 2.42. The van der Waals surface area contributed by atoms with Crippen LogP contribution in [0.5, 0.6) is 0 Å². The van der Waals surface area contributed by atoms with Crippen LogP contribution in [0.1, 0.15) is 23.7 Å². The zero-order valence-corrected chi connectivity index (χ0v) is 14.2. The first kappa shape index (κ1) is 17.5. The monoisotopic (exact) mass is 357 g/mol. The van der Waals surface area contributed by atoms with Crippen LogP contribution in [-0.2, 0) is 4.79 Å². The molecule has 0 saturated carbocycles. The van der Waals surface area contributed by atoms with Crippen molar-refractivity contribution in [3.05, 3.63) is 48.4 Å². The number of carboxylic acid groups (broad SMARTS) is 1. The number of amides is 3. The molecule has 2 heterocycles. The van der Waals surface area contributed by atoms with Gasteiger partial charge >= 0.3 is 12.0 Å². The molecule has 136 valence electrons. The van der Waals surface area contributed by atoms with Gasteiger partial charge in [-0.2, -0.15) is 0 Å². The van der Waals surface area contributed by atoms with Crippen LogP contribution in [0.25, 0.3) is 0 Å². The van der Waals surface area contributed by atoms with Crippen molar-refractivity contribution in [2.24, 2.45) is 5.41 Å². The smallest absolute Gasteiger partial charge is 0.321 e. The van der Waals surface area contributed by atoms with E-state index in [2.05, 4.69) is 10.6 Å². The summed E-state index contributed by atoms with van der Waals surface area (Å²) in [5.41, 5.74) is 0.497. The average Bonchev–Trinajstić information content (AvgIpc) is 3.25. The molecule has 1 saturated heterocycles. The van der Waals surface area contributed by atoms with E-state index >= 15 is 0 Å². The summed E-state index contributed by atoms with van der Waals surface area (Å²) in [7, 11) is 0. The van der Waals surface area contributed by atoms with Gasteiger partial charge in [0.25, 0.3) is 5.91 Å². The van der Waals surface area contributed by atoms with Gasteiger partial charge in [0, 0.05) is 24.5 Å². The maximum Gasteiger partial charge on any atom is 0.321 e. The molecule has 3 rings (SSSR count). The Bertz CT molecular complexity index is 833. The SMILES string of the molecule is CC1(C(=O)O)CCN(C(=O)Nc2cccc(NC(=O)c3ccoc3)c2)C1. The maximum atomic E-state index is 12.4. The summed E-state index contributed by atoms with van der Waals surface area (Å²) in [6.45, 7) is 2.17. The van der Waals surface area contributed by atoms with Crippen LogP contribution in [0.4, 0.5) is 16.2 Å². The Hall–Kier alpha value is -3.29. The minimum atomic E-state index is -0.919. The molecule has 1 aromatic heterocycles. The number of anilines is 2. The lowest BCUT2D eigenvalue weighted by Crippen LogP contribution is -2.37. The van der Waals surface area contributed by atoms with Gasteiger partial charge in [0.15, 0.2) is 0 Å². The van der Waals surface area contributed by atoms with Crippen LogP contribution in [0.15, 0.2) is 47.3 Å². The quantitative estimate of drug-likeness (QED) is 0.779. The van der Waals surface area contributed by atoms with Crippen molar-refractivity contribution in [3.63, 3.8) is 0 Å². The van der Waals surface area contributed by atoms with E-state index in [1.54, 1.807) is 37.3 Å². The molecular weight excluding hydrogens is 338 g/mol. The fourth-order valence-corrected chi connectivity index (χ4v) is 2.78. The number of carbonyl (C=O) groups is 3. The Balaban J connectivity index is 1.63. The first-order valence-corrected chi connectivity index (χ1v) is 8.10. The third-order valence-electron chi connectivity index (χ3n) is 4.43. The van der Waals surface area contributed by atoms with Gasteiger partial charge in [-0.3, -0.25) is 9.59 Å². The van der Waals surface area contributed by atoms with Gasteiger partial charge in [-0.05, 0) is 37.6 Å². The van der Waals surface area contributed by atoms with E-state index in [1.165, 1.54) is 17.4 Å². The molecule has 1 aromatic carbocycles. The van der Waals surface area contributed by atoms with Gasteiger partial charge in [0.1, 0.15) is 6.26 Å². The molecule has 2 aromatic rings. The third kappa shape index (κ3) is 3.69. The number of hydrogen-bond acceptors (Lipinski definition) is 4. The van der Waals surface area contributed by atoms with Gasteiger partial charge < -0.3 is 25.1 Å². The van der Waals surface area contributed by atoms with E-state index in [1.807, 2.05) is 0 Å². The highest BCUT2D eigenvalue weighted by atomic mass is 16.4. The largest absolute Gasteiger partial charge is 0.481 e. The van der Waals surface area contributed by atoms with Gasteiger partial charge in [0.2, 0.25) is 0 Å². The molecule has 8 heteroatoms. The summed E-state index contributed by atoms with van der Waals surface area (Å²) in [5.74, 6) is -1.23. The number of furan rings is 1. The van der Waals surface area contributed by atoms with Gasteiger partial charge in [-0.15, -0.1) is 0 Å². The second kappa shape index (κ2) is 6.91. The molecule has 1 fully saturated rings. The zero-order chi connectivity index (χ0) is 18.7. The highest BCUT2D eigenvalue weighted by molar-refractivity contribution is 6.04. The number of carboxylic acids is 1. The van der Waals surface area contributed by atoms with Crippen LogP contribution >= 0.6 is 0 Å². The Labute approximate surface area is 149 Å². The second-order valence-electron chi connectivity index (χ2n) is 6.51. The lowest BCUT2D eigenvalue weighted by atomic mass is 9.90. The molecule has 26 heavy (non-hydrogen) atoms. The normalized spacial score (nSPS) is 19.2. The standard InChI is InChI=1S/C18H19N3O5/c1-18(16(23)24)6-7-21(11-18)17(25)20-14-4-2-3-13(9-14)19-15(22)12-5-8-26-10-12/h2-5,8-10H,6-7,11H2,1H3,(H,19,22)(H,20,25)(H,23,24). The molecular formula is C18H19N3O5. The lowest BCUT2D eigenvalue weighted by Gasteiger charge is -2.20. The second-order valence-corrected chi connectivity index (χ2v) is 6.51. The Morgan fingerprint density at radius 1 is 1.19 bits per heavy atom. The number of aliphatic carboxylic acids is 1. The Kier molecular flexibility index (Phi) is 4.66. The highest BCUT2D eigenvalue weighted by Crippen LogP contribution is 2.30. The van der Waals surface area contributed by atoms with Crippen molar-refractivity contribution in [2.45, 2.75) is 13.3 Å². The number of nitrogens with zero attached hydrogens (tertiary/aromatic N) is 1. The first-order valence-electron chi connectivity index (χ1n) is 8.10. The number of benzene rings is 1. The van der Waals surface area contributed by atoms with Crippen LogP contribution < -0.4 is 10.6 Å². The van der Waals surface area contributed by atoms with Crippen molar-refractivity contribution >= 4 is 29.3 Å². The summed E-state index contributed by atoms with van der Waals surface area (Å²) in [6.07, 6.45) is 3.16. The molecule has 1 aliphatic rings. The minimum Gasteiger partial charge on any atom is -0.481 e. The number of rotatable bonds is 4. The van der Waals surface area contributed by atoms with Gasteiger partial charge in [-0.1, -0.05) is 6.07 Å². The first-order chi connectivity index (χ1) is 12.4. The molecule has 0 radical (unpaired) electrons. The molecule has 0 spiro atoms. The number of likely N-dealkylation sites (tertiary alicyclic amines) is 1. The van der Waals surface area contributed by atoms with Crippen molar-refractivity contribution in [2.75, 3.05) is 23.7 Å². The fourth-order valence-electron chi connectivity index (χ4n) is 2.78. The van der Waals surface area contributed by atoms with Crippen molar-refractivity contribution < 1.29 is 23.9 Å². The van der Waals surface area contributed by atoms with Crippen LogP contribution in [0.3, 0.4) is 0 Å². The van der Waals surface area contributed by atoms with E-state index in [0.717, 1.165) is 0 Å². The molecule has 1 unspecified atom stereocenters. The molecule has 1 atom stereocenters. The van der Waals surface area contributed by atoms with Crippen molar-refractivity contribution in [1.29, 1.82) is 0 Å². The summed E-state index contributed by atoms with van der Waals surface area (Å²) < 4.78 is 4.88. The molecule has 3 N–H and O–H groups in total. The van der Waals surface area contributed by atoms with Crippen LogP contribution in [0, 0.1) is 5.41 Å². The molecule has 0 aliphatic carbocycles. The van der Waals surface area contributed by atoms with Gasteiger partial charge in [-0.25, -0.2) is 4.79 Å². The minimum absolute atomic E-state index is 0.158. The summed E-state index contributed by atoms with van der Waals surface area (Å²) >= 11 is 0. The van der Waals surface area contributed by atoms with E-state index in [9.17, 15) is 19.5 Å². The third-order valence-corrected chi connectivity index (χ3v) is 4.43. The zero-order valence-electron chi connectivity index (χ0n) is 14.2. The van der Waals surface area contributed by atoms with E-state index in [0.29, 0.717) is 29.9 Å². The maximum absolute atomic E-state index is 12.4. The van der Waals surface area contributed by atoms with Crippen LogP contribution in [-0.4, -0.2) is 41.0 Å². The van der Waals surface area contributed by atoms with E-state index < -0.39 is 11.4 Å². The number of carbonyl (C=O) groups excluding carboxylic acids is 2. The predicted octanol–water partition coefficient (Wildman–Crippen LogP) is 2.86. The lowest BCUT2D eigenvalue weighted by molar-refractivity contribution is -0.146. The molecule has 1 aliphatic heterocycles. The van der Waals surface area contributed by atoms with Gasteiger partial charge in [0.05, 0.1) is 17.2 Å². The summed E-state index contributed by atoms with van der Waals surface area (Å²) in [5, 5.41) is 14.7. The Morgan fingerprint density at radius 2 is 1.92 bits per heavy atom. The average molecular weight is 357 g/mol. The number of hydrogen-bond donors (Lipinski definition) is 3. The number of nitrogens with one attached hydrogen (secondary N) is 2. The fraction of sp³-hybridized carbons (Fsp3) is 0.278. The van der Waals surface area contributed by atoms with E-state index in [4.69, 9.17) is 4.42 Å². The van der Waals surface area contributed by atoms with Crippen molar-refractivity contribution in [3.8, 4) is 0 Å². The molecule has 3 amide bonds. The summed E-state index contributed by atoms with van der Waals surface area (Å²) in [6, 6.07) is 7.90. The predicted molar refractivity (Wildman–Crippen MR) is 94.1 cm³/mol. The van der Waals surface area contributed by atoms with Crippen LogP contribution in [0.2, 0.25) is 0 Å². The molecule has 0 bridgehead atoms. The number of urea groups is 1. The molecule has 8 nitrogen and oxygen atoms in total. The summed E-state index contributed by atoms with van der Waals surface area (Å²) in [4.78, 5) is 37.2. The Morgan fingerprint density at radius 3 is 2.54 bits per heavy atom. The van der Waals surface area contributed by atoms with E-state index in [-0.39, 0.29) is 18.5 Å².